The van der Waals surface area contributed by atoms with Gasteiger partial charge in [-0.15, -0.1) is 0 Å². The topological polar surface area (TPSA) is 54.5 Å². The van der Waals surface area contributed by atoms with Crippen LogP contribution in [0, 0.1) is 23.5 Å². The Kier molecular flexibility index (Phi) is 4.26. The van der Waals surface area contributed by atoms with Crippen LogP contribution in [0.3, 0.4) is 0 Å². The van der Waals surface area contributed by atoms with Crippen molar-refractivity contribution in [3.05, 3.63) is 29.3 Å². The van der Waals surface area contributed by atoms with Crippen LogP contribution in [-0.2, 0) is 9.05 Å². The number of likely N-dealkylation sites (tertiary alicyclic amines) is 1. The van der Waals surface area contributed by atoms with Crippen LogP contribution >= 0.6 is 10.7 Å². The molecule has 1 saturated heterocycles. The first-order valence-electron chi connectivity index (χ1n) is 6.34. The molecule has 1 fully saturated rings. The molecule has 0 spiro atoms. The number of hydrogen-bond donors (Lipinski definition) is 0. The van der Waals surface area contributed by atoms with E-state index in [2.05, 4.69) is 0 Å². The van der Waals surface area contributed by atoms with Gasteiger partial charge in [0.2, 0.25) is 0 Å². The predicted octanol–water partition coefficient (Wildman–Crippen LogP) is 2.62. The van der Waals surface area contributed by atoms with Crippen LogP contribution in [0.1, 0.15) is 24.2 Å². The molecule has 21 heavy (non-hydrogen) atoms. The zero-order valence-electron chi connectivity index (χ0n) is 11.4. The maximum absolute atomic E-state index is 13.8. The highest BCUT2D eigenvalue weighted by molar-refractivity contribution is 8.13. The van der Waals surface area contributed by atoms with Crippen molar-refractivity contribution in [3.63, 3.8) is 0 Å². The number of nitrogens with zero attached hydrogens (tertiary/aromatic N) is 1. The number of benzene rings is 1. The van der Waals surface area contributed by atoms with Crippen LogP contribution in [0.25, 0.3) is 0 Å². The van der Waals surface area contributed by atoms with Crippen molar-refractivity contribution in [2.75, 3.05) is 13.1 Å². The Hall–Kier alpha value is -1.21. The van der Waals surface area contributed by atoms with Gasteiger partial charge < -0.3 is 4.90 Å². The van der Waals surface area contributed by atoms with E-state index in [1.807, 2.05) is 13.8 Å². The van der Waals surface area contributed by atoms with E-state index < -0.39 is 37.1 Å². The molecule has 1 aliphatic heterocycles. The second kappa shape index (κ2) is 5.53. The van der Waals surface area contributed by atoms with Gasteiger partial charge in [0.25, 0.3) is 15.0 Å². The Morgan fingerprint density at radius 3 is 2.24 bits per heavy atom. The average molecular weight is 338 g/mol. The molecule has 1 heterocycles. The molecule has 1 aromatic rings. The van der Waals surface area contributed by atoms with E-state index in [9.17, 15) is 22.0 Å². The first kappa shape index (κ1) is 16.2. The number of rotatable bonds is 2. The summed E-state index contributed by atoms with van der Waals surface area (Å²) in [5, 5.41) is 0. The van der Waals surface area contributed by atoms with Gasteiger partial charge >= 0.3 is 0 Å². The number of halogens is 3. The van der Waals surface area contributed by atoms with Crippen LogP contribution in [0.2, 0.25) is 0 Å². The van der Waals surface area contributed by atoms with Gasteiger partial charge in [0.05, 0.1) is 10.5 Å². The summed E-state index contributed by atoms with van der Waals surface area (Å²) in [4.78, 5) is 13.0. The van der Waals surface area contributed by atoms with Gasteiger partial charge in [0.1, 0.15) is 0 Å². The van der Waals surface area contributed by atoms with Crippen LogP contribution in [0.15, 0.2) is 17.0 Å². The first-order chi connectivity index (χ1) is 9.61. The molecule has 2 unspecified atom stereocenters. The predicted molar refractivity (Wildman–Crippen MR) is 73.6 cm³/mol. The third-order valence-electron chi connectivity index (χ3n) is 3.79. The van der Waals surface area contributed by atoms with Crippen molar-refractivity contribution in [2.45, 2.75) is 18.7 Å². The largest absolute Gasteiger partial charge is 0.338 e. The van der Waals surface area contributed by atoms with Gasteiger partial charge in [-0.1, -0.05) is 13.8 Å². The Balaban J connectivity index is 2.44. The van der Waals surface area contributed by atoms with E-state index >= 15 is 0 Å². The van der Waals surface area contributed by atoms with E-state index in [-0.39, 0.29) is 11.8 Å². The summed E-state index contributed by atoms with van der Waals surface area (Å²) < 4.78 is 49.8. The van der Waals surface area contributed by atoms with Gasteiger partial charge in [-0.3, -0.25) is 4.79 Å². The van der Waals surface area contributed by atoms with E-state index in [4.69, 9.17) is 10.7 Å². The molecule has 1 aliphatic rings. The Morgan fingerprint density at radius 2 is 1.76 bits per heavy atom. The lowest BCUT2D eigenvalue weighted by Gasteiger charge is -2.17. The van der Waals surface area contributed by atoms with Crippen molar-refractivity contribution in [1.82, 2.24) is 4.90 Å². The second-order valence-corrected chi connectivity index (χ2v) is 7.94. The molecule has 0 radical (unpaired) electrons. The molecule has 2 rings (SSSR count). The highest BCUT2D eigenvalue weighted by Crippen LogP contribution is 2.27. The fourth-order valence-corrected chi connectivity index (χ4v) is 3.10. The minimum atomic E-state index is -4.25. The monoisotopic (exact) mass is 337 g/mol. The van der Waals surface area contributed by atoms with Crippen LogP contribution in [-0.4, -0.2) is 32.3 Å². The van der Waals surface area contributed by atoms with Crippen molar-refractivity contribution in [1.29, 1.82) is 0 Å². The summed E-state index contributed by atoms with van der Waals surface area (Å²) >= 11 is 0. The highest BCUT2D eigenvalue weighted by atomic mass is 35.7. The Morgan fingerprint density at radius 1 is 1.24 bits per heavy atom. The molecule has 0 aromatic heterocycles. The standard InChI is InChI=1S/C13H14ClF2NO3S/c1-7-5-17(6-8(7)2)13(18)10-3-9(21(14,19)20)4-11(15)12(10)16/h3-4,7-8H,5-6H2,1-2H3. The van der Waals surface area contributed by atoms with E-state index in [0.29, 0.717) is 19.2 Å². The summed E-state index contributed by atoms with van der Waals surface area (Å²) in [5.74, 6) is -3.04. The van der Waals surface area contributed by atoms with Crippen molar-refractivity contribution in [2.24, 2.45) is 11.8 Å². The maximum atomic E-state index is 13.8. The molecule has 116 valence electrons. The Labute approximate surface area is 126 Å². The lowest BCUT2D eigenvalue weighted by atomic mass is 10.0. The molecule has 0 bridgehead atoms. The average Bonchev–Trinajstić information content (AvgIpc) is 2.70. The molecule has 0 N–H and O–H groups in total. The number of amides is 1. The zero-order valence-corrected chi connectivity index (χ0v) is 13.0. The minimum Gasteiger partial charge on any atom is -0.338 e. The number of hydrogen-bond acceptors (Lipinski definition) is 3. The highest BCUT2D eigenvalue weighted by Gasteiger charge is 2.32. The lowest BCUT2D eigenvalue weighted by Crippen LogP contribution is -2.30. The molecule has 1 amide bonds. The molecule has 4 nitrogen and oxygen atoms in total. The van der Waals surface area contributed by atoms with E-state index in [0.717, 1.165) is 6.07 Å². The molecule has 0 aliphatic carbocycles. The zero-order chi connectivity index (χ0) is 15.9. The summed E-state index contributed by atoms with van der Waals surface area (Å²) in [5.41, 5.74) is -0.615. The van der Waals surface area contributed by atoms with Gasteiger partial charge in [-0.2, -0.15) is 0 Å². The molecular weight excluding hydrogens is 324 g/mol. The summed E-state index contributed by atoms with van der Waals surface area (Å²) in [6, 6.07) is 1.24. The summed E-state index contributed by atoms with van der Waals surface area (Å²) in [6.45, 7) is 4.74. The van der Waals surface area contributed by atoms with Gasteiger partial charge in [0, 0.05) is 23.8 Å². The normalized spacial score (nSPS) is 22.6. The molecule has 1 aromatic carbocycles. The summed E-state index contributed by atoms with van der Waals surface area (Å²) in [7, 11) is 0.875. The van der Waals surface area contributed by atoms with Crippen molar-refractivity contribution in [3.8, 4) is 0 Å². The third kappa shape index (κ3) is 3.18. The maximum Gasteiger partial charge on any atom is 0.261 e. The molecule has 8 heteroatoms. The second-order valence-electron chi connectivity index (χ2n) is 5.37. The third-order valence-corrected chi connectivity index (χ3v) is 5.12. The van der Waals surface area contributed by atoms with Gasteiger partial charge in [0.15, 0.2) is 11.6 Å². The molecule has 0 saturated carbocycles. The fraction of sp³-hybridized carbons (Fsp3) is 0.462. The van der Waals surface area contributed by atoms with Gasteiger partial charge in [-0.05, 0) is 24.0 Å². The van der Waals surface area contributed by atoms with E-state index in [1.165, 1.54) is 4.90 Å². The summed E-state index contributed by atoms with van der Waals surface area (Å²) in [6.07, 6.45) is 0. The minimum absolute atomic E-state index is 0.238. The van der Waals surface area contributed by atoms with Crippen LogP contribution < -0.4 is 0 Å². The van der Waals surface area contributed by atoms with Gasteiger partial charge in [-0.25, -0.2) is 17.2 Å². The quantitative estimate of drug-likeness (QED) is 0.779. The van der Waals surface area contributed by atoms with Crippen LogP contribution in [0.4, 0.5) is 8.78 Å². The Bertz CT molecular complexity index is 683. The van der Waals surface area contributed by atoms with Crippen molar-refractivity contribution >= 4 is 25.6 Å². The van der Waals surface area contributed by atoms with Crippen LogP contribution in [0.5, 0.6) is 0 Å². The molecule has 2 atom stereocenters. The van der Waals surface area contributed by atoms with E-state index in [1.54, 1.807) is 0 Å². The number of carbonyl (C=O) groups excluding carboxylic acids is 1. The van der Waals surface area contributed by atoms with Crippen molar-refractivity contribution < 1.29 is 22.0 Å². The number of carbonyl (C=O) groups is 1. The fourth-order valence-electron chi connectivity index (χ4n) is 2.33. The molecular formula is C13H14ClF2NO3S. The smallest absolute Gasteiger partial charge is 0.261 e. The first-order valence-corrected chi connectivity index (χ1v) is 8.65. The SMILES string of the molecule is CC1CN(C(=O)c2cc(S(=O)(=O)Cl)cc(F)c2F)CC1C. The lowest BCUT2D eigenvalue weighted by molar-refractivity contribution is 0.0779.